The van der Waals surface area contributed by atoms with Crippen LogP contribution < -0.4 is 19.7 Å². The molecule has 2 aromatic carbocycles. The lowest BCUT2D eigenvalue weighted by Crippen LogP contribution is -2.49. The van der Waals surface area contributed by atoms with Crippen molar-refractivity contribution in [3.05, 3.63) is 70.3 Å². The molecule has 5 aliphatic rings. The Balaban J connectivity index is 1.25. The normalized spacial score (nSPS) is 34.1. The number of nitrogens with zero attached hydrogens (tertiary/aromatic N) is 2. The van der Waals surface area contributed by atoms with Gasteiger partial charge in [-0.1, -0.05) is 36.7 Å². The molecule has 1 spiro atoms. The minimum absolute atomic E-state index is 0.135. The largest absolute Gasteiger partial charge is 0.490 e. The number of alkyl halides is 3. The van der Waals surface area contributed by atoms with Crippen LogP contribution in [0.2, 0.25) is 5.02 Å². The highest BCUT2D eigenvalue weighted by Gasteiger charge is 2.56. The number of methoxy groups -OCH3 is 1. The molecule has 14 heteroatoms. The predicted octanol–water partition coefficient (Wildman–Crippen LogP) is 7.22. The maximum Gasteiger partial charge on any atom is 0.393 e. The first kappa shape index (κ1) is 36.1. The molecule has 2 bridgehead atoms. The van der Waals surface area contributed by atoms with E-state index < -0.39 is 40.0 Å². The molecule has 0 radical (unpaired) electrons. The summed E-state index contributed by atoms with van der Waals surface area (Å²) in [6, 6.07) is 8.97. The van der Waals surface area contributed by atoms with Crippen LogP contribution in [0.1, 0.15) is 66.9 Å². The van der Waals surface area contributed by atoms with Gasteiger partial charge in [0.1, 0.15) is 15.7 Å². The molecule has 8 atom stereocenters. The van der Waals surface area contributed by atoms with Gasteiger partial charge in [0.05, 0.1) is 30.1 Å². The van der Waals surface area contributed by atoms with Crippen molar-refractivity contribution in [2.75, 3.05) is 37.5 Å². The van der Waals surface area contributed by atoms with E-state index in [2.05, 4.69) is 25.4 Å². The molecule has 2 fully saturated rings. The van der Waals surface area contributed by atoms with Gasteiger partial charge in [-0.3, -0.25) is 9.52 Å². The Hall–Kier alpha value is -3.29. The number of benzene rings is 2. The van der Waals surface area contributed by atoms with E-state index in [-0.39, 0.29) is 41.1 Å². The van der Waals surface area contributed by atoms with E-state index in [4.69, 9.17) is 21.1 Å². The summed E-state index contributed by atoms with van der Waals surface area (Å²) in [5.41, 5.74) is 3.02. The van der Waals surface area contributed by atoms with Gasteiger partial charge in [0, 0.05) is 42.2 Å². The van der Waals surface area contributed by atoms with Crippen molar-refractivity contribution >= 4 is 39.1 Å². The summed E-state index contributed by atoms with van der Waals surface area (Å²) in [7, 11) is -2.05. The van der Waals surface area contributed by atoms with Crippen molar-refractivity contribution in [3.8, 4) is 5.75 Å². The molecule has 2 aromatic rings. The van der Waals surface area contributed by atoms with E-state index in [1.54, 1.807) is 25.3 Å². The van der Waals surface area contributed by atoms with Gasteiger partial charge in [-0.15, -0.1) is 4.36 Å². The number of halogens is 4. The highest BCUT2D eigenvalue weighted by Crippen LogP contribution is 2.47. The summed E-state index contributed by atoms with van der Waals surface area (Å²) in [4.78, 5) is 29.0. The van der Waals surface area contributed by atoms with Crippen LogP contribution in [0.3, 0.4) is 0 Å². The zero-order valence-electron chi connectivity index (χ0n) is 28.7. The molecule has 3 amide bonds. The van der Waals surface area contributed by atoms with Crippen molar-refractivity contribution in [1.29, 1.82) is 0 Å². The Labute approximate surface area is 302 Å². The first-order valence-electron chi connectivity index (χ1n) is 17.7. The second kappa shape index (κ2) is 13.9. The highest BCUT2D eigenvalue weighted by atomic mass is 35.5. The maximum atomic E-state index is 14.3. The average Bonchev–Trinajstić information content (AvgIpc) is 3.85. The lowest BCUT2D eigenvalue weighted by molar-refractivity contribution is -0.148. The number of amides is 3. The fourth-order valence-electron chi connectivity index (χ4n) is 8.43. The molecular formula is C37H44ClF3N4O5S. The Kier molecular flexibility index (Phi) is 9.85. The van der Waals surface area contributed by atoms with Crippen molar-refractivity contribution in [2.24, 2.45) is 28.0 Å². The summed E-state index contributed by atoms with van der Waals surface area (Å²) in [6.45, 7) is 3.63. The number of carbonyl (C=O) groups is 2. The van der Waals surface area contributed by atoms with Crippen molar-refractivity contribution in [1.82, 2.24) is 10.0 Å². The molecule has 7 rings (SSSR count). The van der Waals surface area contributed by atoms with Crippen LogP contribution in [0.25, 0.3) is 0 Å². The van der Waals surface area contributed by atoms with Crippen LogP contribution in [0, 0.1) is 23.7 Å². The number of fused-ring (bicyclic) bond motifs is 4. The number of allylic oxidation sites excluding steroid dienone is 1. The topological polar surface area (TPSA) is 109 Å². The Bertz CT molecular complexity index is 1850. The molecule has 2 heterocycles. The van der Waals surface area contributed by atoms with Crippen LogP contribution in [0.5, 0.6) is 5.75 Å². The van der Waals surface area contributed by atoms with Gasteiger partial charge in [0.25, 0.3) is 5.91 Å². The summed E-state index contributed by atoms with van der Waals surface area (Å²) in [5.74, 6) is -1.71. The SMILES string of the molecule is CO[C@H]1/C=C/C[C@H](C)CS(=O)(NC(=O)N[C@H]2C[C@@H]2C(F)(F)F)=NC(=O)c2ccc3c(c2)N(C[C@@H]2CC[C@H]21)C[C@@]1(CCCc2cc(Cl)ccc21)CO3. The van der Waals surface area contributed by atoms with Crippen LogP contribution in [-0.2, 0) is 26.5 Å². The van der Waals surface area contributed by atoms with Gasteiger partial charge >= 0.3 is 12.2 Å². The fraction of sp³-hybridized carbons (Fsp3) is 0.568. The minimum Gasteiger partial charge on any atom is -0.490 e. The van der Waals surface area contributed by atoms with E-state index in [1.807, 2.05) is 31.2 Å². The summed E-state index contributed by atoms with van der Waals surface area (Å²) >= 11 is 6.42. The molecule has 1 unspecified atom stereocenters. The van der Waals surface area contributed by atoms with Crippen LogP contribution in [0.4, 0.5) is 23.7 Å². The lowest BCUT2D eigenvalue weighted by Gasteiger charge is -2.46. The van der Waals surface area contributed by atoms with Crippen LogP contribution in [-0.4, -0.2) is 67.0 Å². The van der Waals surface area contributed by atoms with E-state index >= 15 is 0 Å². The number of nitrogens with one attached hydrogen (secondary N) is 2. The van der Waals surface area contributed by atoms with E-state index in [0.29, 0.717) is 42.8 Å². The van der Waals surface area contributed by atoms with E-state index in [0.717, 1.165) is 37.8 Å². The van der Waals surface area contributed by atoms with Crippen molar-refractivity contribution in [2.45, 2.75) is 75.6 Å². The number of urea groups is 1. The quantitative estimate of drug-likeness (QED) is 0.321. The number of ether oxygens (including phenoxy) is 2. The lowest BCUT2D eigenvalue weighted by atomic mass is 9.68. The second-order valence-electron chi connectivity index (χ2n) is 15.0. The standard InChI is InChI=1S/C37H44ClF3N4O5S/c1-22-5-3-7-32(49-2)27-11-8-25(27)18-45-20-36(14-4-6-23-15-26(38)10-12-28(23)36)21-50-33-13-9-24(16-31(33)45)34(46)43-51(48,19-22)44-35(47)42-30-17-29(30)37(39,40)41/h3,7,9-10,12-13,15-16,22,25,27,29-30,32H,4-6,8,11,14,17-21H2,1-2H3,(H2,42,43,44,46,47,48)/b7-3+/t22-,25-,27+,29-,30-,32-,36-,51?/m0/s1. The third kappa shape index (κ3) is 7.62. The monoisotopic (exact) mass is 748 g/mol. The number of carbonyl (C=O) groups excluding carboxylic acids is 2. The van der Waals surface area contributed by atoms with Gasteiger partial charge in [0.2, 0.25) is 0 Å². The molecule has 9 nitrogen and oxygen atoms in total. The highest BCUT2D eigenvalue weighted by molar-refractivity contribution is 7.92. The fourth-order valence-corrected chi connectivity index (χ4v) is 10.5. The molecule has 2 N–H and O–H groups in total. The molecule has 0 saturated heterocycles. The molecule has 3 aliphatic carbocycles. The third-order valence-corrected chi connectivity index (χ3v) is 13.5. The van der Waals surface area contributed by atoms with Gasteiger partial charge in [-0.2, -0.15) is 13.2 Å². The summed E-state index contributed by atoms with van der Waals surface area (Å²) < 4.78 is 72.6. The molecule has 0 aromatic heterocycles. The predicted molar refractivity (Wildman–Crippen MR) is 190 cm³/mol. The maximum absolute atomic E-state index is 14.3. The van der Waals surface area contributed by atoms with Crippen LogP contribution in [0.15, 0.2) is 52.9 Å². The van der Waals surface area contributed by atoms with Gasteiger partial charge < -0.3 is 19.7 Å². The van der Waals surface area contributed by atoms with Gasteiger partial charge in [-0.25, -0.2) is 9.00 Å². The number of rotatable bonds is 3. The van der Waals surface area contributed by atoms with Gasteiger partial charge in [-0.05, 0) is 104 Å². The Morgan fingerprint density at radius 2 is 2.02 bits per heavy atom. The molecule has 51 heavy (non-hydrogen) atoms. The summed E-state index contributed by atoms with van der Waals surface area (Å²) in [6.07, 6.45) is 4.52. The average molecular weight is 749 g/mol. The number of hydrogen-bond donors (Lipinski definition) is 2. The first-order valence-corrected chi connectivity index (χ1v) is 19.8. The van der Waals surface area contributed by atoms with Crippen molar-refractivity contribution in [3.63, 3.8) is 0 Å². The molecule has 2 saturated carbocycles. The Morgan fingerprint density at radius 3 is 2.75 bits per heavy atom. The van der Waals surface area contributed by atoms with Crippen LogP contribution >= 0.6 is 11.6 Å². The van der Waals surface area contributed by atoms with Gasteiger partial charge in [0.15, 0.2) is 0 Å². The zero-order chi connectivity index (χ0) is 36.1. The smallest absolute Gasteiger partial charge is 0.393 e. The first-order chi connectivity index (χ1) is 24.3. The molecule has 2 aliphatic heterocycles. The molecule has 276 valence electrons. The Morgan fingerprint density at radius 1 is 1.20 bits per heavy atom. The number of hydrogen-bond acceptors (Lipinski definition) is 6. The second-order valence-corrected chi connectivity index (χ2v) is 17.5. The molecular weight excluding hydrogens is 705 g/mol. The van der Waals surface area contributed by atoms with E-state index in [1.165, 1.54) is 11.1 Å². The zero-order valence-corrected chi connectivity index (χ0v) is 30.3. The minimum atomic E-state index is -4.45. The van der Waals surface area contributed by atoms with E-state index in [9.17, 15) is 27.0 Å². The summed E-state index contributed by atoms with van der Waals surface area (Å²) in [5, 5.41) is 2.96. The number of aryl methyl sites for hydroxylation is 1. The van der Waals surface area contributed by atoms with Crippen molar-refractivity contribution < 1.29 is 36.4 Å². The third-order valence-electron chi connectivity index (χ3n) is 11.3. The number of anilines is 1.